The first-order chi connectivity index (χ1) is 23.6. The van der Waals surface area contributed by atoms with Gasteiger partial charge in [0.1, 0.15) is 30.1 Å². The maximum absolute atomic E-state index is 14.3. The van der Waals surface area contributed by atoms with Crippen molar-refractivity contribution in [1.29, 1.82) is 0 Å². The molecule has 4 aliphatic rings. The highest BCUT2D eigenvalue weighted by Gasteiger charge is 2.64. The molecule has 0 unspecified atom stereocenters. The first kappa shape index (κ1) is 36.5. The van der Waals surface area contributed by atoms with Crippen molar-refractivity contribution >= 4 is 35.4 Å². The molecule has 5 rings (SSSR count). The van der Waals surface area contributed by atoms with E-state index >= 15 is 0 Å². The number of nitrogens with one attached hydrogen (secondary N) is 2. The van der Waals surface area contributed by atoms with Crippen LogP contribution in [0.3, 0.4) is 0 Å². The van der Waals surface area contributed by atoms with E-state index in [1.807, 2.05) is 0 Å². The summed E-state index contributed by atoms with van der Waals surface area (Å²) in [5.74, 6) is -6.02. The molecule has 7 atom stereocenters. The lowest BCUT2D eigenvalue weighted by molar-refractivity contribution is -0.160. The second-order valence-corrected chi connectivity index (χ2v) is 14.2. The van der Waals surface area contributed by atoms with Gasteiger partial charge >= 0.3 is 17.9 Å². The van der Waals surface area contributed by atoms with Crippen LogP contribution in [0.15, 0.2) is 64.6 Å². The van der Waals surface area contributed by atoms with Gasteiger partial charge in [0.25, 0.3) is 0 Å². The van der Waals surface area contributed by atoms with E-state index in [0.29, 0.717) is 12.0 Å². The molecule has 50 heavy (non-hydrogen) atoms. The molecule has 0 bridgehead atoms. The van der Waals surface area contributed by atoms with Crippen LogP contribution in [-0.4, -0.2) is 83.6 Å². The largest absolute Gasteiger partial charge is 0.504 e. The molecular weight excluding hydrogens is 648 g/mol. The predicted octanol–water partition coefficient (Wildman–Crippen LogP) is 2.89. The number of ketones is 2. The van der Waals surface area contributed by atoms with E-state index in [1.165, 1.54) is 20.2 Å². The molecule has 13 nitrogen and oxygen atoms in total. The first-order valence-corrected chi connectivity index (χ1v) is 16.7. The number of rotatable bonds is 11. The highest BCUT2D eigenvalue weighted by molar-refractivity contribution is 6.14. The van der Waals surface area contributed by atoms with Crippen LogP contribution in [0.1, 0.15) is 59.4 Å². The lowest BCUT2D eigenvalue weighted by Gasteiger charge is -2.53. The first-order valence-electron chi connectivity index (χ1n) is 16.7. The highest BCUT2D eigenvalue weighted by Crippen LogP contribution is 2.62. The Labute approximate surface area is 290 Å². The Balaban J connectivity index is 1.64. The number of Topliss-reactive ketones (excluding diaryl/α,β-unsaturated/α-hetero) is 2. The molecule has 1 aromatic rings. The maximum Gasteiger partial charge on any atom is 0.340 e. The number of ether oxygens (including phenoxy) is 3. The Morgan fingerprint density at radius 1 is 1.12 bits per heavy atom. The number of carboxylic acid groups (broad SMARTS) is 1. The van der Waals surface area contributed by atoms with Crippen molar-refractivity contribution in [1.82, 2.24) is 10.6 Å². The molecule has 1 saturated heterocycles. The van der Waals surface area contributed by atoms with E-state index in [4.69, 9.17) is 14.2 Å². The molecule has 1 aromatic carbocycles. The van der Waals surface area contributed by atoms with Gasteiger partial charge in [0, 0.05) is 62.0 Å². The average molecular weight is 693 g/mol. The second kappa shape index (κ2) is 13.9. The fourth-order valence-electron chi connectivity index (χ4n) is 8.12. The number of aliphatic hydroxyl groups excluding tert-OH is 1. The van der Waals surface area contributed by atoms with Gasteiger partial charge < -0.3 is 35.1 Å². The third-order valence-corrected chi connectivity index (χ3v) is 10.7. The predicted molar refractivity (Wildman–Crippen MR) is 177 cm³/mol. The number of aliphatic hydroxyl groups is 1. The summed E-state index contributed by atoms with van der Waals surface area (Å²) in [5, 5.41) is 27.0. The number of benzene rings is 1. The van der Waals surface area contributed by atoms with E-state index in [1.54, 1.807) is 58.0 Å². The molecule has 268 valence electrons. The Morgan fingerprint density at radius 3 is 2.40 bits per heavy atom. The van der Waals surface area contributed by atoms with Gasteiger partial charge in [0.15, 0.2) is 5.76 Å². The van der Waals surface area contributed by atoms with E-state index in [9.17, 15) is 39.0 Å². The molecule has 0 radical (unpaired) electrons. The minimum atomic E-state index is -1.47. The topological polar surface area (TPSA) is 195 Å². The van der Waals surface area contributed by atoms with Crippen molar-refractivity contribution in [3.05, 3.63) is 70.1 Å². The Morgan fingerprint density at radius 2 is 1.80 bits per heavy atom. The molecule has 1 heterocycles. The van der Waals surface area contributed by atoms with Crippen LogP contribution < -0.4 is 10.6 Å². The van der Waals surface area contributed by atoms with Crippen molar-refractivity contribution in [3.63, 3.8) is 0 Å². The zero-order chi connectivity index (χ0) is 36.7. The van der Waals surface area contributed by atoms with Crippen LogP contribution >= 0.6 is 0 Å². The Hall–Kier alpha value is -4.78. The van der Waals surface area contributed by atoms with Crippen LogP contribution in [0.25, 0.3) is 0 Å². The van der Waals surface area contributed by atoms with Crippen LogP contribution in [0.5, 0.6) is 0 Å². The van der Waals surface area contributed by atoms with E-state index in [-0.39, 0.29) is 48.4 Å². The second-order valence-electron chi connectivity index (χ2n) is 14.2. The van der Waals surface area contributed by atoms with Gasteiger partial charge in [-0.25, -0.2) is 9.59 Å². The summed E-state index contributed by atoms with van der Waals surface area (Å²) in [6, 6.07) is 6.64. The van der Waals surface area contributed by atoms with Gasteiger partial charge in [-0.2, -0.15) is 0 Å². The minimum absolute atomic E-state index is 0.0722. The number of cyclic esters (lactones) is 1. The molecule has 1 amide bonds. The summed E-state index contributed by atoms with van der Waals surface area (Å²) in [7, 11) is 1.40. The van der Waals surface area contributed by atoms with Crippen molar-refractivity contribution in [2.45, 2.75) is 84.6 Å². The number of carboxylic acids is 1. The van der Waals surface area contributed by atoms with Gasteiger partial charge in [0.05, 0.1) is 17.6 Å². The van der Waals surface area contributed by atoms with Crippen molar-refractivity contribution in [3.8, 4) is 0 Å². The summed E-state index contributed by atoms with van der Waals surface area (Å²) >= 11 is 0. The van der Waals surface area contributed by atoms with Crippen molar-refractivity contribution in [2.75, 3.05) is 13.7 Å². The molecule has 0 spiro atoms. The smallest absolute Gasteiger partial charge is 0.340 e. The number of hydrogen-bond donors (Lipinski definition) is 4. The van der Waals surface area contributed by atoms with Gasteiger partial charge in [-0.15, -0.1) is 0 Å². The average Bonchev–Trinajstić information content (AvgIpc) is 3.34. The lowest BCUT2D eigenvalue weighted by Crippen LogP contribution is -2.57. The van der Waals surface area contributed by atoms with Gasteiger partial charge in [0.2, 0.25) is 11.7 Å². The summed E-state index contributed by atoms with van der Waals surface area (Å²) in [6.45, 7) is 7.81. The zero-order valence-electron chi connectivity index (χ0n) is 29.0. The molecule has 13 heteroatoms. The molecule has 3 aliphatic carbocycles. The Bertz CT molecular complexity index is 1710. The number of amides is 1. The summed E-state index contributed by atoms with van der Waals surface area (Å²) in [4.78, 5) is 79.2. The van der Waals surface area contributed by atoms with Crippen molar-refractivity contribution in [2.24, 2.45) is 22.7 Å². The van der Waals surface area contributed by atoms with Gasteiger partial charge in [-0.3, -0.25) is 19.2 Å². The SMILES string of the molecule is COC[C@@H]1OC(=O)/C(=C/N[C@H](Cc2ccccc2)C(=O)N[C@H](C(=O)O)C(C)C)C2=C(O)C(=O)C3=C([C@H](OC(C)=O)C[C@]4(C)C(=O)CC[C@H]34)[C@@]21C. The number of carbonyl (C=O) groups excluding carboxylic acids is 5. The summed E-state index contributed by atoms with van der Waals surface area (Å²) in [6.07, 6.45) is -0.208. The maximum atomic E-state index is 14.3. The monoisotopic (exact) mass is 692 g/mol. The quantitative estimate of drug-likeness (QED) is 0.196. The lowest BCUT2D eigenvalue weighted by atomic mass is 9.53. The molecule has 1 saturated carbocycles. The molecule has 0 aromatic heterocycles. The number of methoxy groups -OCH3 is 1. The number of fused-ring (bicyclic) bond motifs is 4. The molecule has 4 N–H and O–H groups in total. The fraction of sp³-hybridized carbons (Fsp3) is 0.514. The third-order valence-electron chi connectivity index (χ3n) is 10.7. The number of allylic oxidation sites excluding steroid dienone is 1. The summed E-state index contributed by atoms with van der Waals surface area (Å²) < 4.78 is 17.2. The van der Waals surface area contributed by atoms with Crippen LogP contribution in [0.4, 0.5) is 0 Å². The van der Waals surface area contributed by atoms with Gasteiger partial charge in [-0.1, -0.05) is 51.1 Å². The zero-order valence-corrected chi connectivity index (χ0v) is 29.0. The Kier molecular flexibility index (Phi) is 10.1. The van der Waals surface area contributed by atoms with Crippen LogP contribution in [-0.2, 0) is 49.4 Å². The number of esters is 2. The van der Waals surface area contributed by atoms with Crippen LogP contribution in [0, 0.1) is 22.7 Å². The highest BCUT2D eigenvalue weighted by atomic mass is 16.6. The molecule has 2 fully saturated rings. The fourth-order valence-corrected chi connectivity index (χ4v) is 8.12. The normalized spacial score (nSPS) is 29.5. The van der Waals surface area contributed by atoms with Crippen molar-refractivity contribution < 1.29 is 53.2 Å². The third kappa shape index (κ3) is 6.23. The van der Waals surface area contributed by atoms with E-state index < -0.39 is 82.3 Å². The van der Waals surface area contributed by atoms with Gasteiger partial charge in [-0.05, 0) is 30.4 Å². The molecular formula is C37H44N2O11. The number of hydrogen-bond acceptors (Lipinski definition) is 11. The summed E-state index contributed by atoms with van der Waals surface area (Å²) in [5.41, 5.74) is -1.60. The molecule has 1 aliphatic heterocycles. The van der Waals surface area contributed by atoms with E-state index in [0.717, 1.165) is 5.56 Å². The number of carbonyl (C=O) groups is 6. The van der Waals surface area contributed by atoms with Crippen LogP contribution in [0.2, 0.25) is 0 Å². The van der Waals surface area contributed by atoms with E-state index in [2.05, 4.69) is 10.6 Å². The number of aliphatic carboxylic acids is 1. The standard InChI is InChI=1S/C37H44N2O11/c1-18(2)30(34(45)46)39-33(44)23(14-20-10-8-7-9-11-20)38-16-21-28-32(43)31(42)27-22-12-13-25(41)36(22,4)15-24(49-19(3)40)29(27)37(28,5)26(17-48-6)50-35(21)47/h7-11,16,18,22-24,26,30,38,43H,12-15,17H2,1-6H3,(H,39,44)(H,45,46)/b21-16+/t22-,23-,24-,26+,30+,36+,37-/m1/s1. The minimum Gasteiger partial charge on any atom is -0.504 e.